The van der Waals surface area contributed by atoms with E-state index in [1.807, 2.05) is 0 Å². The lowest BCUT2D eigenvalue weighted by Gasteiger charge is -2.07. The Balaban J connectivity index is 2.09. The third-order valence-corrected chi connectivity index (χ3v) is 3.07. The fourth-order valence-corrected chi connectivity index (χ4v) is 1.88. The second kappa shape index (κ2) is 6.57. The zero-order valence-electron chi connectivity index (χ0n) is 11.8. The molecule has 0 fully saturated rings. The van der Waals surface area contributed by atoms with Crippen LogP contribution >= 0.6 is 0 Å². The second-order valence-corrected chi connectivity index (χ2v) is 4.46. The summed E-state index contributed by atoms with van der Waals surface area (Å²) in [5, 5.41) is 23.1. The molecular formula is C15H14N2O5. The van der Waals surface area contributed by atoms with E-state index in [2.05, 4.69) is 5.32 Å². The summed E-state index contributed by atoms with van der Waals surface area (Å²) in [5.74, 6) is -0.525. The molecule has 1 amide bonds. The molecule has 0 saturated heterocycles. The molecule has 0 aromatic heterocycles. The Hall–Kier alpha value is -3.09. The number of methoxy groups -OCH3 is 1. The lowest BCUT2D eigenvalue weighted by atomic mass is 10.1. The fourth-order valence-electron chi connectivity index (χ4n) is 1.88. The number of nitro benzene ring substituents is 1. The van der Waals surface area contributed by atoms with Crippen LogP contribution in [0.5, 0.6) is 11.5 Å². The van der Waals surface area contributed by atoms with Gasteiger partial charge in [-0.05, 0) is 23.8 Å². The van der Waals surface area contributed by atoms with Crippen molar-refractivity contribution < 1.29 is 19.6 Å². The topological polar surface area (TPSA) is 102 Å². The third kappa shape index (κ3) is 3.32. The van der Waals surface area contributed by atoms with E-state index in [0.717, 1.165) is 11.6 Å². The Kier molecular flexibility index (Phi) is 4.57. The van der Waals surface area contributed by atoms with E-state index in [4.69, 9.17) is 4.74 Å². The summed E-state index contributed by atoms with van der Waals surface area (Å²) in [4.78, 5) is 22.0. The van der Waals surface area contributed by atoms with Gasteiger partial charge in [-0.25, -0.2) is 0 Å². The molecule has 0 spiro atoms. The minimum Gasteiger partial charge on any atom is -0.502 e. The number of benzene rings is 2. The maximum atomic E-state index is 12.0. The van der Waals surface area contributed by atoms with Gasteiger partial charge in [0.05, 0.1) is 17.6 Å². The molecule has 7 nitrogen and oxygen atoms in total. The van der Waals surface area contributed by atoms with Crippen LogP contribution in [0, 0.1) is 10.1 Å². The van der Waals surface area contributed by atoms with Gasteiger partial charge < -0.3 is 15.2 Å². The number of phenols is 1. The molecule has 2 aromatic rings. The van der Waals surface area contributed by atoms with E-state index in [9.17, 15) is 20.0 Å². The molecule has 114 valence electrons. The number of hydrogen-bond donors (Lipinski definition) is 2. The largest absolute Gasteiger partial charge is 0.502 e. The maximum Gasteiger partial charge on any atom is 0.311 e. The van der Waals surface area contributed by atoms with Crippen LogP contribution in [0.15, 0.2) is 42.5 Å². The van der Waals surface area contributed by atoms with Crippen molar-refractivity contribution in [1.82, 2.24) is 5.32 Å². The summed E-state index contributed by atoms with van der Waals surface area (Å²) in [5.41, 5.74) is 0.193. The SMILES string of the molecule is COc1ccc(CNC(=O)c2cccc([N+](=O)[O-])c2O)cc1. The van der Waals surface area contributed by atoms with Gasteiger partial charge >= 0.3 is 5.69 Å². The molecule has 0 heterocycles. The number of nitro groups is 1. The molecule has 2 aromatic carbocycles. The van der Waals surface area contributed by atoms with Gasteiger partial charge in [-0.1, -0.05) is 18.2 Å². The van der Waals surface area contributed by atoms with Crippen molar-refractivity contribution in [2.24, 2.45) is 0 Å². The van der Waals surface area contributed by atoms with E-state index in [0.29, 0.717) is 5.75 Å². The van der Waals surface area contributed by atoms with E-state index in [1.54, 1.807) is 31.4 Å². The number of phenolic OH excluding ortho intramolecular Hbond substituents is 1. The summed E-state index contributed by atoms with van der Waals surface area (Å²) in [7, 11) is 1.56. The highest BCUT2D eigenvalue weighted by atomic mass is 16.6. The number of carbonyl (C=O) groups excluding carboxylic acids is 1. The lowest BCUT2D eigenvalue weighted by molar-refractivity contribution is -0.385. The molecule has 0 aliphatic carbocycles. The lowest BCUT2D eigenvalue weighted by Crippen LogP contribution is -2.23. The van der Waals surface area contributed by atoms with Gasteiger partial charge in [0.2, 0.25) is 5.75 Å². The Labute approximate surface area is 126 Å². The van der Waals surface area contributed by atoms with Gasteiger partial charge in [-0.15, -0.1) is 0 Å². The average Bonchev–Trinajstić information content (AvgIpc) is 2.53. The van der Waals surface area contributed by atoms with Gasteiger partial charge in [-0.2, -0.15) is 0 Å². The van der Waals surface area contributed by atoms with Crippen LogP contribution in [-0.2, 0) is 6.54 Å². The molecule has 0 saturated carbocycles. The number of nitrogens with zero attached hydrogens (tertiary/aromatic N) is 1. The van der Waals surface area contributed by atoms with Crippen LogP contribution in [0.25, 0.3) is 0 Å². The fraction of sp³-hybridized carbons (Fsp3) is 0.133. The molecule has 0 unspecified atom stereocenters. The number of hydrogen-bond acceptors (Lipinski definition) is 5. The summed E-state index contributed by atoms with van der Waals surface area (Å²) < 4.78 is 5.03. The first-order valence-corrected chi connectivity index (χ1v) is 6.40. The Morgan fingerprint density at radius 1 is 1.27 bits per heavy atom. The minimum absolute atomic E-state index is 0.136. The minimum atomic E-state index is -0.740. The summed E-state index contributed by atoms with van der Waals surface area (Å²) in [6, 6.07) is 10.9. The zero-order valence-corrected chi connectivity index (χ0v) is 11.8. The van der Waals surface area contributed by atoms with Crippen LogP contribution in [0.2, 0.25) is 0 Å². The number of nitrogens with one attached hydrogen (secondary N) is 1. The van der Waals surface area contributed by atoms with Crippen molar-refractivity contribution in [3.05, 3.63) is 63.7 Å². The van der Waals surface area contributed by atoms with Crippen molar-refractivity contribution in [3.63, 3.8) is 0 Å². The molecule has 0 radical (unpaired) electrons. The molecule has 0 aliphatic heterocycles. The molecule has 7 heteroatoms. The van der Waals surface area contributed by atoms with E-state index < -0.39 is 22.3 Å². The van der Waals surface area contributed by atoms with Crippen LogP contribution in [0.1, 0.15) is 15.9 Å². The maximum absolute atomic E-state index is 12.0. The standard InChI is InChI=1S/C15H14N2O5/c1-22-11-7-5-10(6-8-11)9-16-15(19)12-3-2-4-13(14(12)18)17(20)21/h2-8,18H,9H2,1H3,(H,16,19). The number of amides is 1. The normalized spacial score (nSPS) is 10.0. The van der Waals surface area contributed by atoms with Gasteiger partial charge in [0.25, 0.3) is 5.91 Å². The van der Waals surface area contributed by atoms with Gasteiger partial charge in [0.15, 0.2) is 0 Å². The van der Waals surface area contributed by atoms with Gasteiger partial charge in [0.1, 0.15) is 5.75 Å². The van der Waals surface area contributed by atoms with Crippen LogP contribution < -0.4 is 10.1 Å². The van der Waals surface area contributed by atoms with E-state index in [1.165, 1.54) is 12.1 Å². The van der Waals surface area contributed by atoms with Crippen LogP contribution in [0.3, 0.4) is 0 Å². The summed E-state index contributed by atoms with van der Waals surface area (Å²) >= 11 is 0. The highest BCUT2D eigenvalue weighted by molar-refractivity contribution is 5.98. The molecule has 0 bridgehead atoms. The molecular weight excluding hydrogens is 288 g/mol. The first-order chi connectivity index (χ1) is 10.5. The average molecular weight is 302 g/mol. The highest BCUT2D eigenvalue weighted by Gasteiger charge is 2.20. The number of para-hydroxylation sites is 1. The molecule has 2 rings (SSSR count). The Morgan fingerprint density at radius 2 is 1.95 bits per heavy atom. The van der Waals surface area contributed by atoms with E-state index >= 15 is 0 Å². The number of ether oxygens (including phenoxy) is 1. The number of rotatable bonds is 5. The Morgan fingerprint density at radius 3 is 2.55 bits per heavy atom. The summed E-state index contributed by atoms with van der Waals surface area (Å²) in [6.45, 7) is 0.227. The molecule has 2 N–H and O–H groups in total. The zero-order chi connectivity index (χ0) is 16.1. The molecule has 0 aliphatic rings. The predicted octanol–water partition coefficient (Wildman–Crippen LogP) is 2.24. The third-order valence-electron chi connectivity index (χ3n) is 3.07. The first kappa shape index (κ1) is 15.3. The summed E-state index contributed by atoms with van der Waals surface area (Å²) in [6.07, 6.45) is 0. The Bertz CT molecular complexity index is 698. The van der Waals surface area contributed by atoms with Gasteiger partial charge in [0, 0.05) is 12.6 Å². The number of carbonyl (C=O) groups is 1. The van der Waals surface area contributed by atoms with Gasteiger partial charge in [-0.3, -0.25) is 14.9 Å². The quantitative estimate of drug-likeness (QED) is 0.651. The second-order valence-electron chi connectivity index (χ2n) is 4.46. The van der Waals surface area contributed by atoms with Crippen molar-refractivity contribution >= 4 is 11.6 Å². The van der Waals surface area contributed by atoms with Crippen molar-refractivity contribution in [2.75, 3.05) is 7.11 Å². The van der Waals surface area contributed by atoms with Crippen molar-refractivity contribution in [3.8, 4) is 11.5 Å². The van der Waals surface area contributed by atoms with E-state index in [-0.39, 0.29) is 12.1 Å². The molecule has 22 heavy (non-hydrogen) atoms. The monoisotopic (exact) mass is 302 g/mol. The van der Waals surface area contributed by atoms with Crippen molar-refractivity contribution in [2.45, 2.75) is 6.54 Å². The number of aromatic hydroxyl groups is 1. The first-order valence-electron chi connectivity index (χ1n) is 6.40. The predicted molar refractivity (Wildman–Crippen MR) is 78.9 cm³/mol. The molecule has 0 atom stereocenters. The highest BCUT2D eigenvalue weighted by Crippen LogP contribution is 2.29. The van der Waals surface area contributed by atoms with Crippen LogP contribution in [0.4, 0.5) is 5.69 Å². The van der Waals surface area contributed by atoms with Crippen molar-refractivity contribution in [1.29, 1.82) is 0 Å². The van der Waals surface area contributed by atoms with Crippen LogP contribution in [-0.4, -0.2) is 23.0 Å². The smallest absolute Gasteiger partial charge is 0.311 e.